The first-order valence-electron chi connectivity index (χ1n) is 15.3. The first-order valence-corrected chi connectivity index (χ1v) is 35.7. The highest BCUT2D eigenvalue weighted by Crippen LogP contribution is 2.35. The molecule has 0 aromatic carbocycles. The fourth-order valence-electron chi connectivity index (χ4n) is 4.08. The largest absolute Gasteiger partial charge is 0.415 e. The van der Waals surface area contributed by atoms with Gasteiger partial charge in [-0.2, -0.15) is 0 Å². The molecular weight excluding hydrogens is 621 g/mol. The molecule has 0 bridgehead atoms. The lowest BCUT2D eigenvalue weighted by atomic mass is 9.99. The summed E-state index contributed by atoms with van der Waals surface area (Å²) in [6.07, 6.45) is -2.42. The van der Waals surface area contributed by atoms with Gasteiger partial charge in [0.2, 0.25) is 0 Å². The molecule has 14 heteroatoms. The Hall–Kier alpha value is 0.981. The third-order valence-corrected chi connectivity index (χ3v) is 11.5. The standard InChI is InChI=1S/C27H66O8Si6/c1-36(2,3)28-19-22(20-29-37(4,5)6)31-27-26(35-41(16,17)18)25(34-40(13,14)15)24(33-39(10,11)12)23(32-27)21-30-38(7,8)9/h22-27H,19-21H2,1-18H3/t23-,24+,25+,26-,27+/m1/s1. The van der Waals surface area contributed by atoms with Crippen LogP contribution in [0.2, 0.25) is 118 Å². The lowest BCUT2D eigenvalue weighted by Gasteiger charge is -2.51. The maximum atomic E-state index is 6.98. The van der Waals surface area contributed by atoms with Crippen LogP contribution in [0.5, 0.6) is 0 Å². The van der Waals surface area contributed by atoms with Crippen molar-refractivity contribution in [3.63, 3.8) is 0 Å². The molecule has 1 rings (SSSR count). The van der Waals surface area contributed by atoms with Gasteiger partial charge in [0, 0.05) is 0 Å². The monoisotopic (exact) mass is 686 g/mol. The summed E-state index contributed by atoms with van der Waals surface area (Å²) in [5, 5.41) is 0. The summed E-state index contributed by atoms with van der Waals surface area (Å²) in [6.45, 7) is 41.0. The van der Waals surface area contributed by atoms with Crippen LogP contribution in [0.15, 0.2) is 0 Å². The molecule has 0 aliphatic carbocycles. The molecule has 1 heterocycles. The molecule has 8 nitrogen and oxygen atoms in total. The maximum Gasteiger partial charge on any atom is 0.186 e. The van der Waals surface area contributed by atoms with Gasteiger partial charge >= 0.3 is 0 Å². The summed E-state index contributed by atoms with van der Waals surface area (Å²) in [6, 6.07) is 0. The van der Waals surface area contributed by atoms with Crippen LogP contribution >= 0.6 is 0 Å². The summed E-state index contributed by atoms with van der Waals surface area (Å²) in [7, 11) is -11.5. The van der Waals surface area contributed by atoms with E-state index in [4.69, 9.17) is 36.0 Å². The van der Waals surface area contributed by atoms with Gasteiger partial charge in [-0.25, -0.2) is 0 Å². The van der Waals surface area contributed by atoms with Crippen LogP contribution in [-0.2, 0) is 36.0 Å². The second-order valence-electron chi connectivity index (χ2n) is 17.2. The summed E-state index contributed by atoms with van der Waals surface area (Å²) >= 11 is 0. The van der Waals surface area contributed by atoms with Crippen LogP contribution in [0.25, 0.3) is 0 Å². The second-order valence-corrected chi connectivity index (χ2v) is 44.1. The van der Waals surface area contributed by atoms with Crippen molar-refractivity contribution in [3.05, 3.63) is 0 Å². The first-order chi connectivity index (χ1) is 18.0. The molecule has 5 atom stereocenters. The topological polar surface area (TPSA) is 73.8 Å². The predicted molar refractivity (Wildman–Crippen MR) is 186 cm³/mol. The summed E-state index contributed by atoms with van der Waals surface area (Å²) < 4.78 is 53.6. The molecule has 0 saturated carbocycles. The van der Waals surface area contributed by atoms with Crippen molar-refractivity contribution >= 4 is 49.9 Å². The molecule has 1 saturated heterocycles. The molecule has 1 aliphatic heterocycles. The Morgan fingerprint density at radius 2 is 0.829 bits per heavy atom. The quantitative estimate of drug-likeness (QED) is 0.148. The van der Waals surface area contributed by atoms with Gasteiger partial charge in [-0.15, -0.1) is 0 Å². The van der Waals surface area contributed by atoms with Crippen LogP contribution in [0.3, 0.4) is 0 Å². The summed E-state index contributed by atoms with van der Waals surface area (Å²) in [5.74, 6) is 0. The zero-order valence-electron chi connectivity index (χ0n) is 29.9. The maximum absolute atomic E-state index is 6.98. The van der Waals surface area contributed by atoms with Gasteiger partial charge in [-0.1, -0.05) is 0 Å². The fourth-order valence-corrected chi connectivity index (χ4v) is 9.37. The normalized spacial score (nSPS) is 25.7. The molecular formula is C27H66O8Si6. The third kappa shape index (κ3) is 18.5. The van der Waals surface area contributed by atoms with Gasteiger partial charge in [-0.05, 0) is 118 Å². The Morgan fingerprint density at radius 3 is 1.20 bits per heavy atom. The van der Waals surface area contributed by atoms with E-state index in [1.54, 1.807) is 0 Å². The molecule has 1 fully saturated rings. The van der Waals surface area contributed by atoms with E-state index in [-0.39, 0.29) is 24.4 Å². The van der Waals surface area contributed by atoms with Crippen molar-refractivity contribution in [2.45, 2.75) is 155 Å². The van der Waals surface area contributed by atoms with Gasteiger partial charge < -0.3 is 36.0 Å². The van der Waals surface area contributed by atoms with E-state index in [0.717, 1.165) is 0 Å². The van der Waals surface area contributed by atoms with E-state index in [1.807, 2.05) is 0 Å². The Bertz CT molecular complexity index is 758. The Balaban J connectivity index is 3.61. The average molecular weight is 687 g/mol. The van der Waals surface area contributed by atoms with Crippen LogP contribution in [0, 0.1) is 0 Å². The molecule has 1 aliphatic rings. The molecule has 246 valence electrons. The van der Waals surface area contributed by atoms with Crippen molar-refractivity contribution < 1.29 is 36.0 Å². The number of ether oxygens (including phenoxy) is 2. The van der Waals surface area contributed by atoms with Gasteiger partial charge in [0.05, 0.1) is 19.8 Å². The minimum atomic E-state index is -2.05. The lowest BCUT2D eigenvalue weighted by Crippen LogP contribution is -2.67. The number of hydrogen-bond donors (Lipinski definition) is 0. The smallest absolute Gasteiger partial charge is 0.186 e. The highest BCUT2D eigenvalue weighted by atomic mass is 28.4. The molecule has 0 aromatic heterocycles. The SMILES string of the molecule is C[Si](C)(C)OCC(CO[Si](C)(C)C)O[C@H]1O[C@H](CO[Si](C)(C)C)[C@H](O[Si](C)(C)C)[C@H](O[Si](C)(C)C)[C@H]1O[Si](C)(C)C. The summed E-state index contributed by atoms with van der Waals surface area (Å²) in [4.78, 5) is 0. The highest BCUT2D eigenvalue weighted by molar-refractivity contribution is 6.71. The van der Waals surface area contributed by atoms with E-state index < -0.39 is 62.3 Å². The molecule has 0 amide bonds. The van der Waals surface area contributed by atoms with Gasteiger partial charge in [0.15, 0.2) is 56.2 Å². The van der Waals surface area contributed by atoms with Crippen molar-refractivity contribution in [3.8, 4) is 0 Å². The fraction of sp³-hybridized carbons (Fsp3) is 1.00. The lowest BCUT2D eigenvalue weighted by molar-refractivity contribution is -0.304. The Morgan fingerprint density at radius 1 is 0.463 bits per heavy atom. The van der Waals surface area contributed by atoms with Crippen molar-refractivity contribution in [1.29, 1.82) is 0 Å². The molecule has 41 heavy (non-hydrogen) atoms. The highest BCUT2D eigenvalue weighted by Gasteiger charge is 2.52. The van der Waals surface area contributed by atoms with Crippen LogP contribution in [-0.4, -0.2) is 107 Å². The number of hydrogen-bond acceptors (Lipinski definition) is 8. The van der Waals surface area contributed by atoms with E-state index >= 15 is 0 Å². The first kappa shape index (κ1) is 40.0. The van der Waals surface area contributed by atoms with E-state index in [0.29, 0.717) is 19.8 Å². The van der Waals surface area contributed by atoms with Crippen molar-refractivity contribution in [2.24, 2.45) is 0 Å². The Labute approximate surface area is 259 Å². The third-order valence-electron chi connectivity index (χ3n) is 5.47. The molecule has 0 unspecified atom stereocenters. The zero-order chi connectivity index (χ0) is 32.2. The van der Waals surface area contributed by atoms with Crippen LogP contribution in [0.4, 0.5) is 0 Å². The zero-order valence-corrected chi connectivity index (χ0v) is 35.9. The van der Waals surface area contributed by atoms with Crippen LogP contribution in [0.1, 0.15) is 0 Å². The van der Waals surface area contributed by atoms with Crippen molar-refractivity contribution in [1.82, 2.24) is 0 Å². The van der Waals surface area contributed by atoms with Crippen LogP contribution < -0.4 is 0 Å². The molecule has 0 radical (unpaired) electrons. The van der Waals surface area contributed by atoms with Crippen molar-refractivity contribution in [2.75, 3.05) is 19.8 Å². The average Bonchev–Trinajstić information content (AvgIpc) is 2.68. The predicted octanol–water partition coefficient (Wildman–Crippen LogP) is 7.31. The second kappa shape index (κ2) is 15.0. The molecule has 0 aromatic rings. The Kier molecular flexibility index (Phi) is 14.7. The molecule has 0 N–H and O–H groups in total. The number of rotatable bonds is 17. The minimum absolute atomic E-state index is 0.299. The minimum Gasteiger partial charge on any atom is -0.415 e. The van der Waals surface area contributed by atoms with E-state index in [2.05, 4.69) is 118 Å². The van der Waals surface area contributed by atoms with Gasteiger partial charge in [0.25, 0.3) is 0 Å². The molecule has 0 spiro atoms. The summed E-state index contributed by atoms with van der Waals surface area (Å²) in [5.41, 5.74) is 0. The van der Waals surface area contributed by atoms with E-state index in [1.165, 1.54) is 0 Å². The van der Waals surface area contributed by atoms with Gasteiger partial charge in [-0.3, -0.25) is 0 Å². The van der Waals surface area contributed by atoms with Gasteiger partial charge in [0.1, 0.15) is 30.5 Å². The van der Waals surface area contributed by atoms with E-state index in [9.17, 15) is 0 Å².